The van der Waals surface area contributed by atoms with Gasteiger partial charge >= 0.3 is 11.7 Å². The number of nitro benzene ring substituents is 1. The van der Waals surface area contributed by atoms with Gasteiger partial charge in [-0.2, -0.15) is 0 Å². The van der Waals surface area contributed by atoms with E-state index in [1.54, 1.807) is 6.92 Å². The molecule has 1 aromatic rings. The minimum absolute atomic E-state index is 0.0958. The van der Waals surface area contributed by atoms with Gasteiger partial charge in [-0.05, 0) is 13.0 Å². The first-order valence-electron chi connectivity index (χ1n) is 6.07. The highest BCUT2D eigenvalue weighted by molar-refractivity contribution is 5.84. The van der Waals surface area contributed by atoms with Crippen LogP contribution in [0, 0.1) is 10.1 Å². The zero-order chi connectivity index (χ0) is 15.8. The molecule has 0 unspecified atom stereocenters. The Labute approximate surface area is 120 Å². The van der Waals surface area contributed by atoms with Crippen LogP contribution in [0.2, 0.25) is 0 Å². The quantitative estimate of drug-likeness (QED) is 0.473. The van der Waals surface area contributed by atoms with E-state index in [1.165, 1.54) is 18.2 Å². The van der Waals surface area contributed by atoms with Gasteiger partial charge in [0.2, 0.25) is 5.91 Å². The second kappa shape index (κ2) is 7.68. The van der Waals surface area contributed by atoms with E-state index < -0.39 is 23.3 Å². The zero-order valence-corrected chi connectivity index (χ0v) is 11.3. The van der Waals surface area contributed by atoms with Gasteiger partial charge in [0, 0.05) is 17.8 Å². The van der Waals surface area contributed by atoms with Crippen LogP contribution in [0.5, 0.6) is 5.75 Å². The van der Waals surface area contributed by atoms with Gasteiger partial charge in [0.15, 0.2) is 5.75 Å². The van der Waals surface area contributed by atoms with Crippen molar-refractivity contribution in [2.45, 2.75) is 6.92 Å². The smallest absolute Gasteiger partial charge is 0.322 e. The molecule has 0 aliphatic rings. The fourth-order valence-electron chi connectivity index (χ4n) is 1.47. The minimum Gasteiger partial charge on any atom is -0.487 e. The normalized spacial score (nSPS) is 9.76. The number of nitrogens with one attached hydrogen (secondary N) is 2. The van der Waals surface area contributed by atoms with Crippen LogP contribution in [-0.2, 0) is 9.59 Å². The molecule has 0 spiro atoms. The van der Waals surface area contributed by atoms with Gasteiger partial charge in [-0.1, -0.05) is 0 Å². The number of hydrogen-bond acceptors (Lipinski definition) is 6. The van der Waals surface area contributed by atoms with E-state index in [0.717, 1.165) is 0 Å². The molecule has 0 saturated carbocycles. The lowest BCUT2D eigenvalue weighted by Gasteiger charge is -2.09. The Hall–Kier alpha value is -2.84. The third-order valence-electron chi connectivity index (χ3n) is 2.35. The highest BCUT2D eigenvalue weighted by Crippen LogP contribution is 2.29. The van der Waals surface area contributed by atoms with Crippen molar-refractivity contribution in [2.24, 2.45) is 0 Å². The molecular formula is C12H15N3O6. The lowest BCUT2D eigenvalue weighted by Crippen LogP contribution is -2.33. The summed E-state index contributed by atoms with van der Waals surface area (Å²) in [5.41, 5.74) is 0.284. The van der Waals surface area contributed by atoms with Gasteiger partial charge in [0.25, 0.3) is 0 Å². The van der Waals surface area contributed by atoms with E-state index in [0.29, 0.717) is 5.69 Å². The van der Waals surface area contributed by atoms with Crippen LogP contribution >= 0.6 is 0 Å². The molecular weight excluding hydrogens is 282 g/mol. The number of rotatable bonds is 8. The maximum absolute atomic E-state index is 11.3. The molecule has 0 aliphatic carbocycles. The Balaban J connectivity index is 2.67. The molecule has 0 bridgehead atoms. The molecule has 3 N–H and O–H groups in total. The Morgan fingerprint density at radius 3 is 2.67 bits per heavy atom. The molecule has 0 aliphatic heterocycles. The van der Waals surface area contributed by atoms with Crippen LogP contribution in [-0.4, -0.2) is 41.6 Å². The number of aliphatic carboxylic acids is 1. The van der Waals surface area contributed by atoms with Gasteiger partial charge in [-0.3, -0.25) is 19.7 Å². The van der Waals surface area contributed by atoms with E-state index in [2.05, 4.69) is 10.6 Å². The number of amides is 1. The first-order valence-corrected chi connectivity index (χ1v) is 6.07. The van der Waals surface area contributed by atoms with E-state index in [-0.39, 0.29) is 24.6 Å². The summed E-state index contributed by atoms with van der Waals surface area (Å²) < 4.78 is 5.16. The molecule has 0 saturated heterocycles. The summed E-state index contributed by atoms with van der Waals surface area (Å²) in [5.74, 6) is -1.55. The molecule has 0 radical (unpaired) electrons. The van der Waals surface area contributed by atoms with Gasteiger partial charge in [-0.25, -0.2) is 0 Å². The number of anilines is 1. The van der Waals surface area contributed by atoms with E-state index >= 15 is 0 Å². The summed E-state index contributed by atoms with van der Waals surface area (Å²) in [7, 11) is 0. The number of carbonyl (C=O) groups excluding carboxylic acids is 1. The molecule has 114 valence electrons. The third kappa shape index (κ3) is 5.35. The van der Waals surface area contributed by atoms with Crippen LogP contribution in [0.4, 0.5) is 11.4 Å². The molecule has 1 aromatic carbocycles. The minimum atomic E-state index is -1.14. The molecule has 1 amide bonds. The van der Waals surface area contributed by atoms with Crippen LogP contribution in [0.1, 0.15) is 6.92 Å². The average Bonchev–Trinajstić information content (AvgIpc) is 2.43. The lowest BCUT2D eigenvalue weighted by atomic mass is 10.2. The number of carboxylic acid groups (broad SMARTS) is 1. The summed E-state index contributed by atoms with van der Waals surface area (Å²) in [6.45, 7) is 1.34. The van der Waals surface area contributed by atoms with Crippen LogP contribution < -0.4 is 15.4 Å². The molecule has 0 fully saturated rings. The van der Waals surface area contributed by atoms with Crippen LogP contribution in [0.3, 0.4) is 0 Å². The second-order valence-corrected chi connectivity index (χ2v) is 3.90. The van der Waals surface area contributed by atoms with E-state index in [9.17, 15) is 19.7 Å². The summed E-state index contributed by atoms with van der Waals surface area (Å²) in [5, 5.41) is 24.1. The van der Waals surface area contributed by atoms with Crippen molar-refractivity contribution in [1.29, 1.82) is 0 Å². The van der Waals surface area contributed by atoms with Crippen LogP contribution in [0.15, 0.2) is 18.2 Å². The van der Waals surface area contributed by atoms with Gasteiger partial charge < -0.3 is 20.5 Å². The molecule has 1 rings (SSSR count). The lowest BCUT2D eigenvalue weighted by molar-refractivity contribution is -0.385. The molecule has 21 heavy (non-hydrogen) atoms. The van der Waals surface area contributed by atoms with Gasteiger partial charge in [0.05, 0.1) is 18.1 Å². The maximum Gasteiger partial charge on any atom is 0.322 e. The molecule has 0 heterocycles. The number of nitrogens with zero attached hydrogens (tertiary/aromatic N) is 1. The summed E-state index contributed by atoms with van der Waals surface area (Å²) in [4.78, 5) is 31.9. The number of nitro groups is 1. The van der Waals surface area contributed by atoms with Crippen molar-refractivity contribution in [1.82, 2.24) is 5.32 Å². The number of carboxylic acids is 1. The van der Waals surface area contributed by atoms with Crippen molar-refractivity contribution in [3.63, 3.8) is 0 Å². The molecule has 0 atom stereocenters. The van der Waals surface area contributed by atoms with Crippen molar-refractivity contribution in [3.8, 4) is 5.75 Å². The number of benzene rings is 1. The van der Waals surface area contributed by atoms with Gasteiger partial charge in [-0.15, -0.1) is 0 Å². The summed E-state index contributed by atoms with van der Waals surface area (Å²) in [6, 6.07) is 4.11. The Morgan fingerprint density at radius 2 is 2.10 bits per heavy atom. The average molecular weight is 297 g/mol. The SMILES string of the molecule is CCOc1cc(NCC(=O)NCC(=O)O)ccc1[N+](=O)[O-]. The van der Waals surface area contributed by atoms with E-state index in [1.807, 2.05) is 0 Å². The predicted octanol–water partition coefficient (Wildman–Crippen LogP) is 0.606. The summed E-state index contributed by atoms with van der Waals surface area (Å²) >= 11 is 0. The first-order chi connectivity index (χ1) is 9.93. The second-order valence-electron chi connectivity index (χ2n) is 3.90. The Morgan fingerprint density at radius 1 is 1.38 bits per heavy atom. The van der Waals surface area contributed by atoms with Crippen molar-refractivity contribution in [2.75, 3.05) is 25.0 Å². The van der Waals surface area contributed by atoms with Crippen molar-refractivity contribution in [3.05, 3.63) is 28.3 Å². The molecule has 0 aromatic heterocycles. The van der Waals surface area contributed by atoms with E-state index in [4.69, 9.17) is 9.84 Å². The first kappa shape index (κ1) is 16.2. The highest BCUT2D eigenvalue weighted by Gasteiger charge is 2.15. The van der Waals surface area contributed by atoms with Gasteiger partial charge in [0.1, 0.15) is 6.54 Å². The largest absolute Gasteiger partial charge is 0.487 e. The third-order valence-corrected chi connectivity index (χ3v) is 2.35. The fourth-order valence-corrected chi connectivity index (χ4v) is 1.47. The highest BCUT2D eigenvalue weighted by atomic mass is 16.6. The molecule has 9 nitrogen and oxygen atoms in total. The van der Waals surface area contributed by atoms with Crippen molar-refractivity contribution >= 4 is 23.3 Å². The monoisotopic (exact) mass is 297 g/mol. The number of hydrogen-bond donors (Lipinski definition) is 3. The topological polar surface area (TPSA) is 131 Å². The summed E-state index contributed by atoms with van der Waals surface area (Å²) in [6.07, 6.45) is 0. The Kier molecular flexibility index (Phi) is 5.93. The number of ether oxygens (including phenoxy) is 1. The predicted molar refractivity (Wildman–Crippen MR) is 73.4 cm³/mol. The maximum atomic E-state index is 11.3. The Bertz CT molecular complexity index is 546. The standard InChI is InChI=1S/C12H15N3O6/c1-2-21-10-5-8(3-4-9(10)15(19)20)13-6-11(16)14-7-12(17)18/h3-5,13H,2,6-7H2,1H3,(H,14,16)(H,17,18). The number of carbonyl (C=O) groups is 2. The fraction of sp³-hybridized carbons (Fsp3) is 0.333. The molecule has 9 heteroatoms. The zero-order valence-electron chi connectivity index (χ0n) is 11.3. The van der Waals surface area contributed by atoms with Crippen molar-refractivity contribution < 1.29 is 24.4 Å². The van der Waals surface area contributed by atoms with Crippen LogP contribution in [0.25, 0.3) is 0 Å².